The van der Waals surface area contributed by atoms with Gasteiger partial charge in [0.15, 0.2) is 6.29 Å². The number of aliphatic hydroxyl groups is 1. The zero-order valence-electron chi connectivity index (χ0n) is 25.7. The molecule has 0 bridgehead atoms. The highest BCUT2D eigenvalue weighted by Gasteiger charge is 2.42. The van der Waals surface area contributed by atoms with Crippen LogP contribution in [0.2, 0.25) is 0 Å². The van der Waals surface area contributed by atoms with E-state index in [-0.39, 0.29) is 41.6 Å². The van der Waals surface area contributed by atoms with Crippen LogP contribution >= 0.6 is 0 Å². The third-order valence-corrected chi connectivity index (χ3v) is 9.47. The van der Waals surface area contributed by atoms with Gasteiger partial charge >= 0.3 is 5.97 Å². The van der Waals surface area contributed by atoms with Crippen molar-refractivity contribution < 1.29 is 32.5 Å². The number of sulfonamides is 1. The van der Waals surface area contributed by atoms with Crippen molar-refractivity contribution in [2.24, 2.45) is 5.92 Å². The summed E-state index contributed by atoms with van der Waals surface area (Å²) in [6, 6.07) is 22.6. The van der Waals surface area contributed by atoms with Gasteiger partial charge in [0.25, 0.3) is 10.0 Å². The van der Waals surface area contributed by atoms with Crippen LogP contribution in [-0.2, 0) is 35.6 Å². The SMILES string of the molecule is C[C@@H]1[C@H](CN2CCC[C@H]2C(=O)OC(C)(C)C)O[C@H](c2ccc(NS(=O)(=O)c3ccccc3)cc2)O[C@@H]1c1ccc(CO)cc1. The van der Waals surface area contributed by atoms with Crippen LogP contribution in [0.4, 0.5) is 5.69 Å². The van der Waals surface area contributed by atoms with E-state index < -0.39 is 21.9 Å². The number of rotatable bonds is 9. The molecule has 5 atom stereocenters. The lowest BCUT2D eigenvalue weighted by molar-refractivity contribution is -0.276. The summed E-state index contributed by atoms with van der Waals surface area (Å²) in [5, 5.41) is 9.54. The van der Waals surface area contributed by atoms with E-state index in [1.165, 1.54) is 0 Å². The molecule has 2 saturated heterocycles. The highest BCUT2D eigenvalue weighted by atomic mass is 32.2. The monoisotopic (exact) mass is 622 g/mol. The molecule has 0 amide bonds. The fourth-order valence-corrected chi connectivity index (χ4v) is 6.84. The highest BCUT2D eigenvalue weighted by Crippen LogP contribution is 2.42. The zero-order valence-corrected chi connectivity index (χ0v) is 26.5. The number of carbonyl (C=O) groups is 1. The number of nitrogens with zero attached hydrogens (tertiary/aromatic N) is 1. The summed E-state index contributed by atoms with van der Waals surface area (Å²) in [6.07, 6.45) is 0.335. The molecule has 9 nitrogen and oxygen atoms in total. The Hall–Kier alpha value is -3.28. The van der Waals surface area contributed by atoms with Crippen LogP contribution in [0.1, 0.15) is 69.6 Å². The fraction of sp³-hybridized carbons (Fsp3) is 0.441. The van der Waals surface area contributed by atoms with Crippen molar-refractivity contribution in [2.75, 3.05) is 17.8 Å². The standard InChI is InChI=1S/C34H42N2O7S/c1-23-30(21-36-20-8-11-29(36)32(38)43-34(2,3)4)41-33(42-31(23)25-14-12-24(22-37)13-15-25)26-16-18-27(19-17-26)35-44(39,40)28-9-6-5-7-10-28/h5-7,9-10,12-19,23,29-31,33,35,37H,8,11,20-22H2,1-4H3/t23-,29+,30+,31+,33+/m1/s1. The van der Waals surface area contributed by atoms with Gasteiger partial charge in [0.2, 0.25) is 0 Å². The van der Waals surface area contributed by atoms with Gasteiger partial charge in [0.1, 0.15) is 11.6 Å². The van der Waals surface area contributed by atoms with E-state index in [0.29, 0.717) is 12.2 Å². The normalized spacial score (nSPS) is 24.6. The van der Waals surface area contributed by atoms with E-state index in [4.69, 9.17) is 14.2 Å². The highest BCUT2D eigenvalue weighted by molar-refractivity contribution is 7.92. The summed E-state index contributed by atoms with van der Waals surface area (Å²) in [6.45, 7) is 8.98. The Morgan fingerprint density at radius 2 is 1.64 bits per heavy atom. The molecule has 2 N–H and O–H groups in total. The lowest BCUT2D eigenvalue weighted by Crippen LogP contribution is -2.48. The minimum absolute atomic E-state index is 0.0445. The van der Waals surface area contributed by atoms with E-state index in [0.717, 1.165) is 36.1 Å². The number of aliphatic hydroxyl groups excluding tert-OH is 1. The van der Waals surface area contributed by atoms with E-state index >= 15 is 0 Å². The lowest BCUT2D eigenvalue weighted by atomic mass is 9.90. The molecule has 0 saturated carbocycles. The van der Waals surface area contributed by atoms with Gasteiger partial charge in [0.05, 0.1) is 23.7 Å². The van der Waals surface area contributed by atoms with Gasteiger partial charge in [0, 0.05) is 23.7 Å². The molecular formula is C34H42N2O7S. The average molecular weight is 623 g/mol. The van der Waals surface area contributed by atoms with Gasteiger partial charge in [-0.15, -0.1) is 0 Å². The number of hydrogen-bond donors (Lipinski definition) is 2. The van der Waals surface area contributed by atoms with Gasteiger partial charge < -0.3 is 19.3 Å². The van der Waals surface area contributed by atoms with Crippen LogP contribution in [0.5, 0.6) is 0 Å². The lowest BCUT2D eigenvalue weighted by Gasteiger charge is -2.43. The second kappa shape index (κ2) is 13.4. The van der Waals surface area contributed by atoms with Gasteiger partial charge in [-0.25, -0.2) is 8.42 Å². The van der Waals surface area contributed by atoms with E-state index in [1.807, 2.05) is 45.0 Å². The molecule has 3 aromatic carbocycles. The van der Waals surface area contributed by atoms with E-state index in [2.05, 4.69) is 16.5 Å². The maximum atomic E-state index is 13.0. The molecule has 0 aliphatic carbocycles. The number of nitrogens with one attached hydrogen (secondary N) is 1. The largest absolute Gasteiger partial charge is 0.459 e. The van der Waals surface area contributed by atoms with Crippen molar-refractivity contribution in [3.63, 3.8) is 0 Å². The third kappa shape index (κ3) is 7.68. The molecule has 44 heavy (non-hydrogen) atoms. The molecule has 2 aliphatic heterocycles. The first-order chi connectivity index (χ1) is 20.9. The second-order valence-electron chi connectivity index (χ2n) is 12.5. The maximum absolute atomic E-state index is 13.0. The quantitative estimate of drug-likeness (QED) is 0.298. The van der Waals surface area contributed by atoms with E-state index in [1.54, 1.807) is 54.6 Å². The van der Waals surface area contributed by atoms with Crippen LogP contribution in [0.15, 0.2) is 83.8 Å². The number of hydrogen-bond acceptors (Lipinski definition) is 8. The molecule has 3 aromatic rings. The predicted molar refractivity (Wildman–Crippen MR) is 167 cm³/mol. The van der Waals surface area contributed by atoms with Crippen molar-refractivity contribution in [1.29, 1.82) is 0 Å². The van der Waals surface area contributed by atoms with Crippen LogP contribution in [0.3, 0.4) is 0 Å². The number of anilines is 1. The molecule has 0 unspecified atom stereocenters. The number of ether oxygens (including phenoxy) is 3. The van der Waals surface area contributed by atoms with Crippen LogP contribution < -0.4 is 4.72 Å². The van der Waals surface area contributed by atoms with Gasteiger partial charge in [-0.05, 0) is 75.5 Å². The van der Waals surface area contributed by atoms with Crippen molar-refractivity contribution in [3.8, 4) is 0 Å². The van der Waals surface area contributed by atoms with Gasteiger partial charge in [-0.3, -0.25) is 14.4 Å². The first kappa shape index (κ1) is 32.1. The number of benzene rings is 3. The molecule has 2 aliphatic rings. The smallest absolute Gasteiger partial charge is 0.323 e. The minimum atomic E-state index is -3.73. The third-order valence-electron chi connectivity index (χ3n) is 8.07. The Balaban J connectivity index is 1.37. The molecule has 2 heterocycles. The van der Waals surface area contributed by atoms with Crippen molar-refractivity contribution in [1.82, 2.24) is 4.90 Å². The fourth-order valence-electron chi connectivity index (χ4n) is 5.76. The molecule has 0 spiro atoms. The predicted octanol–water partition coefficient (Wildman–Crippen LogP) is 5.58. The van der Waals surface area contributed by atoms with Crippen LogP contribution in [-0.4, -0.2) is 55.2 Å². The molecule has 0 aromatic heterocycles. The molecular weight excluding hydrogens is 580 g/mol. The van der Waals surface area contributed by atoms with Gasteiger partial charge in [-0.2, -0.15) is 0 Å². The van der Waals surface area contributed by atoms with E-state index in [9.17, 15) is 18.3 Å². The Labute approximate surface area is 260 Å². The molecule has 2 fully saturated rings. The Morgan fingerprint density at radius 1 is 0.977 bits per heavy atom. The first-order valence-corrected chi connectivity index (χ1v) is 16.6. The summed E-state index contributed by atoms with van der Waals surface area (Å²) < 4.78 is 47.1. The Morgan fingerprint density at radius 3 is 2.27 bits per heavy atom. The van der Waals surface area contributed by atoms with Gasteiger partial charge in [-0.1, -0.05) is 61.5 Å². The average Bonchev–Trinajstić information content (AvgIpc) is 3.47. The molecule has 236 valence electrons. The maximum Gasteiger partial charge on any atom is 0.323 e. The summed E-state index contributed by atoms with van der Waals surface area (Å²) in [5.74, 6) is -0.265. The minimum Gasteiger partial charge on any atom is -0.459 e. The van der Waals surface area contributed by atoms with Crippen molar-refractivity contribution >= 4 is 21.7 Å². The first-order valence-electron chi connectivity index (χ1n) is 15.1. The Kier molecular flexibility index (Phi) is 9.77. The number of likely N-dealkylation sites (tertiary alicyclic amines) is 1. The molecule has 10 heteroatoms. The summed E-state index contributed by atoms with van der Waals surface area (Å²) in [7, 11) is -3.73. The van der Waals surface area contributed by atoms with Crippen molar-refractivity contribution in [3.05, 3.63) is 95.6 Å². The van der Waals surface area contributed by atoms with Crippen molar-refractivity contribution in [2.45, 2.75) is 82.2 Å². The second-order valence-corrected chi connectivity index (χ2v) is 14.2. The number of esters is 1. The summed E-state index contributed by atoms with van der Waals surface area (Å²) >= 11 is 0. The Bertz CT molecular complexity index is 1510. The number of carbonyl (C=O) groups excluding carboxylic acids is 1. The molecule has 0 radical (unpaired) electrons. The zero-order chi connectivity index (χ0) is 31.5. The van der Waals surface area contributed by atoms with Crippen LogP contribution in [0.25, 0.3) is 0 Å². The molecule has 5 rings (SSSR count). The summed E-state index contributed by atoms with van der Waals surface area (Å²) in [4.78, 5) is 15.4. The summed E-state index contributed by atoms with van der Waals surface area (Å²) in [5.41, 5.74) is 2.38. The van der Waals surface area contributed by atoms with Crippen LogP contribution in [0, 0.1) is 5.92 Å². The topological polar surface area (TPSA) is 114 Å².